The molecule has 0 heterocycles. The van der Waals surface area contributed by atoms with Gasteiger partial charge in [0.15, 0.2) is 14.4 Å². The lowest BCUT2D eigenvalue weighted by Gasteiger charge is -2.31. The second-order valence-electron chi connectivity index (χ2n) is 31.6. The lowest BCUT2D eigenvalue weighted by atomic mass is 10.0. The van der Waals surface area contributed by atoms with E-state index in [0.29, 0.717) is 126 Å². The van der Waals surface area contributed by atoms with E-state index in [-0.39, 0.29) is 164 Å². The highest BCUT2D eigenvalue weighted by molar-refractivity contribution is 7.26. The van der Waals surface area contributed by atoms with Gasteiger partial charge in [-0.05, 0) is 106 Å². The van der Waals surface area contributed by atoms with Crippen LogP contribution in [-0.2, 0) is 52.7 Å². The number of unbranched alkanes of at least 4 members (excludes halogenated alkanes) is 14. The Morgan fingerprint density at radius 1 is 0.359 bits per heavy atom. The largest absolute Gasteiger partial charge is 0.356 e. The molecule has 0 saturated carbocycles. The van der Waals surface area contributed by atoms with Crippen molar-refractivity contribution in [2.45, 2.75) is 339 Å². The van der Waals surface area contributed by atoms with Gasteiger partial charge in [0.2, 0.25) is 53.2 Å². The fourth-order valence-corrected chi connectivity index (χ4v) is 13.8. The van der Waals surface area contributed by atoms with Crippen LogP contribution >= 0.6 is 16.7 Å². The maximum Gasteiger partial charge on any atom is 0.239 e. The maximum absolute atomic E-state index is 13.8. The van der Waals surface area contributed by atoms with E-state index in [1.807, 2.05) is 83.1 Å². The van der Waals surface area contributed by atoms with Crippen molar-refractivity contribution in [2.75, 3.05) is 65.4 Å². The minimum atomic E-state index is -0.580. The first-order chi connectivity index (χ1) is 49.9. The zero-order valence-corrected chi connectivity index (χ0v) is 68.9. The van der Waals surface area contributed by atoms with Crippen molar-refractivity contribution in [1.29, 1.82) is 10.3 Å². The van der Waals surface area contributed by atoms with Gasteiger partial charge in [-0.1, -0.05) is 187 Å². The van der Waals surface area contributed by atoms with Crippen molar-refractivity contribution in [3.8, 4) is 0 Å². The summed E-state index contributed by atoms with van der Waals surface area (Å²) in [6.07, 6.45) is 21.8. The molecule has 0 aliphatic heterocycles. The summed E-state index contributed by atoms with van der Waals surface area (Å²) >= 11 is 0. The first kappa shape index (κ1) is 93.9. The zero-order chi connectivity index (χ0) is 79.1. The number of amides is 9. The average molecular weight is 1490 g/mol. The summed E-state index contributed by atoms with van der Waals surface area (Å²) in [6.45, 7) is 31.3. The molecule has 103 heavy (non-hydrogen) atoms. The summed E-state index contributed by atoms with van der Waals surface area (Å²) in [5.74, 6) is -1.07. The Hall–Kier alpha value is -5.23. The molecular formula is C79H147N11O11P2. The van der Waals surface area contributed by atoms with Crippen LogP contribution < -0.4 is 26.6 Å². The van der Waals surface area contributed by atoms with Gasteiger partial charge in [0.05, 0.1) is 32.2 Å². The van der Waals surface area contributed by atoms with Gasteiger partial charge in [0.25, 0.3) is 0 Å². The molecule has 7 N–H and O–H groups in total. The molecule has 22 nitrogen and oxygen atoms in total. The maximum atomic E-state index is 13.8. The molecule has 0 unspecified atom stereocenters. The van der Waals surface area contributed by atoms with Gasteiger partial charge in [-0.2, -0.15) is 0 Å². The molecule has 5 atom stereocenters. The van der Waals surface area contributed by atoms with Gasteiger partial charge >= 0.3 is 0 Å². The first-order valence-electron chi connectivity index (χ1n) is 41.0. The minimum Gasteiger partial charge on any atom is -0.356 e. The number of Topliss-reactive ketones (excluding diaryl/α,β-unsaturated/α-hetero) is 2. The molecule has 0 aliphatic carbocycles. The summed E-state index contributed by atoms with van der Waals surface area (Å²) in [5, 5.41) is 22.4. The number of hydrogen-bond donors (Lipinski definition) is 7. The molecule has 0 fully saturated rings. The van der Waals surface area contributed by atoms with E-state index < -0.39 is 18.1 Å². The van der Waals surface area contributed by atoms with Gasteiger partial charge in [0.1, 0.15) is 0 Å². The van der Waals surface area contributed by atoms with Crippen LogP contribution in [-0.4, -0.2) is 179 Å². The number of rotatable bonds is 65. The van der Waals surface area contributed by atoms with Crippen molar-refractivity contribution in [2.24, 2.45) is 35.5 Å². The summed E-state index contributed by atoms with van der Waals surface area (Å²) in [5.41, 5.74) is -0.110. The second kappa shape index (κ2) is 59.9. The molecule has 0 bridgehead atoms. The Morgan fingerprint density at radius 3 is 1.11 bits per heavy atom. The molecule has 0 spiro atoms. The smallest absolute Gasteiger partial charge is 0.239 e. The first-order valence-corrected chi connectivity index (χ1v) is 41.9. The van der Waals surface area contributed by atoms with Crippen LogP contribution in [0.25, 0.3) is 0 Å². The Labute approximate surface area is 630 Å². The van der Waals surface area contributed by atoms with Crippen molar-refractivity contribution < 1.29 is 55.6 Å². The quantitative estimate of drug-likeness (QED) is 0.0222. The number of nitrogens with one attached hydrogen (secondary N) is 7. The van der Waals surface area contributed by atoms with Gasteiger partial charge in [-0.3, -0.25) is 63.0 Å². The minimum absolute atomic E-state index is 0.0259. The monoisotopic (exact) mass is 1490 g/mol. The number of hydrogen-bond acceptors (Lipinski definition) is 13. The normalized spacial score (nSPS) is 13.4. The summed E-state index contributed by atoms with van der Waals surface area (Å²) in [4.78, 5) is 154. The Kier molecular flexibility index (Phi) is 54.5. The predicted molar refractivity (Wildman–Crippen MR) is 419 cm³/mol. The Balaban J connectivity index is 5.05. The van der Waals surface area contributed by atoms with Gasteiger partial charge < -0.3 is 46.2 Å². The van der Waals surface area contributed by atoms with E-state index in [9.17, 15) is 52.7 Å². The topological polar surface area (TPSA) is 309 Å². The van der Waals surface area contributed by atoms with Crippen LogP contribution in [0.4, 0.5) is 0 Å². The van der Waals surface area contributed by atoms with Gasteiger partial charge in [-0.25, -0.2) is 0 Å². The third-order valence-electron chi connectivity index (χ3n) is 18.0. The standard InChI is InChI=1S/C79H147N11O11P2/c1-16-19-28-37-67(102-80)53-89(78(100)48-62(12)13)56-74(96)84-64(44-58(4)5)50-87(76(98)46-60(8)9)52-66(91)36-30-24-21-22-25-32-41-72(94)86-69(70(92)18-3)39-33-35-43-82-71(93)40-31-26-23-27-34-42-83-73(95)55-88(77(99)47-61(10)11)51-65(45-59(6)7)85-75(97)57-90(79(101)49-63(14)15)54-68(103-81)38-29-20-17-2/h58-65,67-69,80-81H,16-57H2,1-15H3,(H,82,93)(H,83,95)(H,84,96)(H,85,97)(H,86,94)/t64-,65-,67-,68-,69-/m0/s1/i/hH2. The highest BCUT2D eigenvalue weighted by atomic mass is 31.1. The highest BCUT2D eigenvalue weighted by Gasteiger charge is 2.30. The number of nitrogens with zero attached hydrogens (tertiary/aromatic N) is 4. The second-order valence-corrected chi connectivity index (χ2v) is 33.5. The number of carbonyl (C=O) groups is 11. The fraction of sp³-hybridized carbons (Fsp3) is 0.861. The van der Waals surface area contributed by atoms with E-state index in [2.05, 4.69) is 50.7 Å². The average Bonchev–Trinajstić information content (AvgIpc) is 0.885. The molecule has 594 valence electrons. The number of carbonyl (C=O) groups excluding carboxylic acids is 11. The molecule has 24 heteroatoms. The molecular weight excluding hydrogens is 1340 g/mol. The molecule has 0 aromatic heterocycles. The van der Waals surface area contributed by atoms with E-state index in [1.165, 1.54) is 0 Å². The van der Waals surface area contributed by atoms with Gasteiger partial charge in [-0.15, -0.1) is 0 Å². The Bertz CT molecular complexity index is 2550. The van der Waals surface area contributed by atoms with Crippen molar-refractivity contribution in [1.82, 2.24) is 46.2 Å². The van der Waals surface area contributed by atoms with E-state index in [4.69, 9.17) is 2.82 Å². The Morgan fingerprint density at radius 2 is 0.709 bits per heavy atom. The van der Waals surface area contributed by atoms with Crippen LogP contribution in [0.1, 0.15) is 309 Å². The van der Waals surface area contributed by atoms with Crippen LogP contribution in [0.3, 0.4) is 0 Å². The summed E-state index contributed by atoms with van der Waals surface area (Å²) in [7, 11) is 1.14. The molecule has 9 amide bonds. The molecule has 0 aromatic carbocycles. The molecule has 0 saturated heterocycles. The highest BCUT2D eigenvalue weighted by Crippen LogP contribution is 2.22. The van der Waals surface area contributed by atoms with E-state index in [1.54, 1.807) is 26.5 Å². The third-order valence-corrected chi connectivity index (χ3v) is 19.5. The van der Waals surface area contributed by atoms with Crippen molar-refractivity contribution >= 4 is 81.5 Å². The summed E-state index contributed by atoms with van der Waals surface area (Å²) in [6, 6.07) is -1.46. The lowest BCUT2D eigenvalue weighted by Crippen LogP contribution is -2.52. The van der Waals surface area contributed by atoms with Crippen LogP contribution in [0, 0.1) is 45.8 Å². The van der Waals surface area contributed by atoms with E-state index >= 15 is 0 Å². The fourth-order valence-electron chi connectivity index (χ4n) is 12.6. The summed E-state index contributed by atoms with van der Waals surface area (Å²) < 4.78 is 15.0. The molecule has 0 rings (SSSR count). The SMILES string of the molecule is [1H]N=P[C@@H](CCCCC)CN(CC(=O)N[C@@H](CC(C)C)CN(CC(=O)CCCCCCCCC(=O)N[C@@H](CCCCNC(=O)CCCCCCCNC(=O)CN(C[C@H](CC(C)C)NC(=O)CN(C[C@H](CCCCC)P=N[1H])C(=O)CC(C)C)C(=O)CC(C)C)C(=O)CC)C(=O)CC(C)C)C(=O)CC(C)C. The molecule has 0 radical (unpaired) electrons. The van der Waals surface area contributed by atoms with Crippen molar-refractivity contribution in [3.63, 3.8) is 0 Å². The van der Waals surface area contributed by atoms with Crippen LogP contribution in [0.5, 0.6) is 0 Å². The van der Waals surface area contributed by atoms with E-state index in [0.717, 1.165) is 109 Å². The number of ketones is 2. The lowest BCUT2D eigenvalue weighted by molar-refractivity contribution is -0.138. The van der Waals surface area contributed by atoms with Crippen LogP contribution in [0.15, 0.2) is 0 Å². The third kappa shape index (κ3) is 52.4. The van der Waals surface area contributed by atoms with Gasteiger partial charge in [0, 0.05) is 131 Å². The zero-order valence-electron chi connectivity index (χ0n) is 69.1. The predicted octanol–water partition coefficient (Wildman–Crippen LogP) is 14.8. The molecule has 0 aliphatic rings. The van der Waals surface area contributed by atoms with Crippen LogP contribution in [0.2, 0.25) is 2.82 Å². The molecule has 0 aromatic rings. The van der Waals surface area contributed by atoms with Crippen molar-refractivity contribution in [3.05, 3.63) is 0 Å².